The van der Waals surface area contributed by atoms with E-state index in [2.05, 4.69) is 10.5 Å². The molecule has 1 aromatic heterocycles. The molecule has 0 atom stereocenters. The van der Waals surface area contributed by atoms with E-state index in [0.29, 0.717) is 11.3 Å². The standard InChI is InChI=1S/C13H11F3N2O3/c1-8(19)18-21-7-11-6-20-12(17-11)9-2-4-10(5-3-9)13(14,15)16/h2-6H,7H2,1H3,(H,18,19). The number of carbonyl (C=O) groups is 1. The van der Waals surface area contributed by atoms with Crippen LogP contribution in [-0.4, -0.2) is 10.9 Å². The maximum absolute atomic E-state index is 12.4. The molecular formula is C13H11F3N2O3. The fourth-order valence-corrected chi connectivity index (χ4v) is 1.52. The summed E-state index contributed by atoms with van der Waals surface area (Å²) in [6.07, 6.45) is -3.08. The summed E-state index contributed by atoms with van der Waals surface area (Å²) >= 11 is 0. The van der Waals surface area contributed by atoms with Crippen molar-refractivity contribution in [1.29, 1.82) is 0 Å². The molecule has 0 fully saturated rings. The third kappa shape index (κ3) is 4.06. The molecule has 1 N–H and O–H groups in total. The lowest BCUT2D eigenvalue weighted by atomic mass is 10.1. The molecule has 112 valence electrons. The summed E-state index contributed by atoms with van der Waals surface area (Å²) in [6, 6.07) is 4.44. The molecule has 1 aromatic carbocycles. The van der Waals surface area contributed by atoms with Crippen molar-refractivity contribution in [2.75, 3.05) is 0 Å². The number of hydrogen-bond donors (Lipinski definition) is 1. The van der Waals surface area contributed by atoms with E-state index in [4.69, 9.17) is 9.25 Å². The second kappa shape index (κ2) is 5.96. The fourth-order valence-electron chi connectivity index (χ4n) is 1.52. The van der Waals surface area contributed by atoms with E-state index in [-0.39, 0.29) is 18.4 Å². The van der Waals surface area contributed by atoms with Gasteiger partial charge in [0.15, 0.2) is 0 Å². The first-order valence-electron chi connectivity index (χ1n) is 5.86. The van der Waals surface area contributed by atoms with Gasteiger partial charge in [-0.25, -0.2) is 10.5 Å². The van der Waals surface area contributed by atoms with Gasteiger partial charge in [0.25, 0.3) is 0 Å². The van der Waals surface area contributed by atoms with Gasteiger partial charge in [-0.3, -0.25) is 9.63 Å². The molecule has 5 nitrogen and oxygen atoms in total. The van der Waals surface area contributed by atoms with E-state index in [1.165, 1.54) is 25.3 Å². The molecule has 1 heterocycles. The first-order valence-corrected chi connectivity index (χ1v) is 5.86. The maximum atomic E-state index is 12.4. The summed E-state index contributed by atoms with van der Waals surface area (Å²) in [5.41, 5.74) is 2.19. The quantitative estimate of drug-likeness (QED) is 0.882. The number of nitrogens with zero attached hydrogens (tertiary/aromatic N) is 1. The van der Waals surface area contributed by atoms with Crippen molar-refractivity contribution in [2.45, 2.75) is 19.7 Å². The monoisotopic (exact) mass is 300 g/mol. The van der Waals surface area contributed by atoms with Gasteiger partial charge in [0.05, 0.1) is 5.56 Å². The zero-order valence-corrected chi connectivity index (χ0v) is 10.9. The molecule has 0 spiro atoms. The number of alkyl halides is 3. The van der Waals surface area contributed by atoms with Crippen molar-refractivity contribution in [3.8, 4) is 11.5 Å². The second-order valence-corrected chi connectivity index (χ2v) is 4.17. The Balaban J connectivity index is 2.05. The van der Waals surface area contributed by atoms with Crippen molar-refractivity contribution in [1.82, 2.24) is 10.5 Å². The zero-order valence-electron chi connectivity index (χ0n) is 10.9. The van der Waals surface area contributed by atoms with Gasteiger partial charge in [0, 0.05) is 12.5 Å². The molecule has 1 amide bonds. The Labute approximate surface area is 117 Å². The van der Waals surface area contributed by atoms with Crippen molar-refractivity contribution in [2.24, 2.45) is 0 Å². The van der Waals surface area contributed by atoms with Crippen molar-refractivity contribution in [3.05, 3.63) is 41.8 Å². The van der Waals surface area contributed by atoms with E-state index in [0.717, 1.165) is 12.1 Å². The second-order valence-electron chi connectivity index (χ2n) is 4.17. The van der Waals surface area contributed by atoms with Crippen LogP contribution in [0.2, 0.25) is 0 Å². The maximum Gasteiger partial charge on any atom is 0.416 e. The van der Waals surface area contributed by atoms with Gasteiger partial charge >= 0.3 is 6.18 Å². The van der Waals surface area contributed by atoms with Crippen LogP contribution in [0.15, 0.2) is 34.9 Å². The lowest BCUT2D eigenvalue weighted by Gasteiger charge is -2.06. The molecule has 21 heavy (non-hydrogen) atoms. The van der Waals surface area contributed by atoms with Crippen molar-refractivity contribution >= 4 is 5.91 Å². The summed E-state index contributed by atoms with van der Waals surface area (Å²) in [5.74, 6) is -0.188. The normalized spacial score (nSPS) is 11.4. The number of amides is 1. The highest BCUT2D eigenvalue weighted by Gasteiger charge is 2.30. The number of hydrogen-bond acceptors (Lipinski definition) is 4. The lowest BCUT2D eigenvalue weighted by molar-refractivity contribution is -0.137. The molecule has 0 radical (unpaired) electrons. The van der Waals surface area contributed by atoms with Crippen LogP contribution in [0, 0.1) is 0 Å². The smallest absolute Gasteiger partial charge is 0.416 e. The third-order valence-electron chi connectivity index (χ3n) is 2.45. The van der Waals surface area contributed by atoms with E-state index < -0.39 is 11.7 Å². The molecule has 0 aliphatic heterocycles. The first-order chi connectivity index (χ1) is 9.86. The van der Waals surface area contributed by atoms with Crippen LogP contribution in [0.1, 0.15) is 18.2 Å². The van der Waals surface area contributed by atoms with Gasteiger partial charge in [0.2, 0.25) is 11.8 Å². The molecule has 2 rings (SSSR count). The molecule has 0 unspecified atom stereocenters. The Kier molecular flexibility index (Phi) is 4.27. The average Bonchev–Trinajstić information content (AvgIpc) is 2.86. The lowest BCUT2D eigenvalue weighted by Crippen LogP contribution is -2.19. The topological polar surface area (TPSA) is 64.4 Å². The Morgan fingerprint density at radius 3 is 2.57 bits per heavy atom. The Bertz CT molecular complexity index is 620. The molecule has 0 aliphatic rings. The van der Waals surface area contributed by atoms with E-state index in [9.17, 15) is 18.0 Å². The minimum atomic E-state index is -4.38. The van der Waals surface area contributed by atoms with Gasteiger partial charge in [0.1, 0.15) is 18.6 Å². The zero-order chi connectivity index (χ0) is 15.5. The number of carbonyl (C=O) groups excluding carboxylic acids is 1. The largest absolute Gasteiger partial charge is 0.444 e. The molecule has 0 saturated heterocycles. The van der Waals surface area contributed by atoms with Crippen molar-refractivity contribution in [3.63, 3.8) is 0 Å². The van der Waals surface area contributed by atoms with Crippen LogP contribution in [0.4, 0.5) is 13.2 Å². The number of nitrogens with one attached hydrogen (secondary N) is 1. The minimum Gasteiger partial charge on any atom is -0.444 e. The van der Waals surface area contributed by atoms with E-state index in [1.807, 2.05) is 0 Å². The SMILES string of the molecule is CC(=O)NOCc1coc(-c2ccc(C(F)(F)F)cc2)n1. The first kappa shape index (κ1) is 15.0. The van der Waals surface area contributed by atoms with Gasteiger partial charge < -0.3 is 4.42 Å². The molecule has 0 saturated carbocycles. The number of oxazole rings is 1. The molecular weight excluding hydrogens is 289 g/mol. The van der Waals surface area contributed by atoms with Crippen LogP contribution in [0.25, 0.3) is 11.5 Å². The van der Waals surface area contributed by atoms with Crippen LogP contribution in [0.3, 0.4) is 0 Å². The van der Waals surface area contributed by atoms with Gasteiger partial charge in [-0.15, -0.1) is 0 Å². The summed E-state index contributed by atoms with van der Waals surface area (Å²) in [7, 11) is 0. The number of rotatable bonds is 4. The third-order valence-corrected chi connectivity index (χ3v) is 2.45. The summed E-state index contributed by atoms with van der Waals surface area (Å²) in [4.78, 5) is 19.5. The predicted molar refractivity (Wildman–Crippen MR) is 65.5 cm³/mol. The predicted octanol–water partition coefficient (Wildman–Crippen LogP) is 2.93. The van der Waals surface area contributed by atoms with Crippen LogP contribution < -0.4 is 5.48 Å². The Hall–Kier alpha value is -2.35. The van der Waals surface area contributed by atoms with E-state index in [1.54, 1.807) is 0 Å². The molecule has 0 aliphatic carbocycles. The van der Waals surface area contributed by atoms with E-state index >= 15 is 0 Å². The molecule has 2 aromatic rings. The highest BCUT2D eigenvalue weighted by Crippen LogP contribution is 2.30. The molecule has 0 bridgehead atoms. The number of halogens is 3. The number of benzene rings is 1. The van der Waals surface area contributed by atoms with Gasteiger partial charge in [-0.1, -0.05) is 0 Å². The van der Waals surface area contributed by atoms with Crippen LogP contribution in [-0.2, 0) is 22.4 Å². The van der Waals surface area contributed by atoms with Crippen LogP contribution in [0.5, 0.6) is 0 Å². The van der Waals surface area contributed by atoms with Crippen LogP contribution >= 0.6 is 0 Å². The van der Waals surface area contributed by atoms with Gasteiger partial charge in [-0.05, 0) is 24.3 Å². The number of aromatic nitrogens is 1. The number of hydroxylamine groups is 1. The molecule has 8 heteroatoms. The Morgan fingerprint density at radius 1 is 1.33 bits per heavy atom. The average molecular weight is 300 g/mol. The van der Waals surface area contributed by atoms with Crippen molar-refractivity contribution < 1.29 is 27.2 Å². The Morgan fingerprint density at radius 2 is 2.00 bits per heavy atom. The fraction of sp³-hybridized carbons (Fsp3) is 0.231. The highest BCUT2D eigenvalue weighted by molar-refractivity contribution is 5.71. The summed E-state index contributed by atoms with van der Waals surface area (Å²) < 4.78 is 42.5. The minimum absolute atomic E-state index is 0.0102. The van der Waals surface area contributed by atoms with Gasteiger partial charge in [-0.2, -0.15) is 13.2 Å². The summed E-state index contributed by atoms with van der Waals surface area (Å²) in [6.45, 7) is 1.28. The summed E-state index contributed by atoms with van der Waals surface area (Å²) in [5, 5.41) is 0. The highest BCUT2D eigenvalue weighted by atomic mass is 19.4.